The van der Waals surface area contributed by atoms with E-state index in [0.717, 1.165) is 0 Å². The SMILES string of the molecule is COc1ccc2c(c1)O[C@H](c1cc(OC)c(OC)c(OC)c1)[C@@H](OC(C)=O)C2=O. The molecule has 3 rings (SSSR count). The Kier molecular flexibility index (Phi) is 5.81. The van der Waals surface area contributed by atoms with Crippen molar-refractivity contribution in [2.24, 2.45) is 0 Å². The van der Waals surface area contributed by atoms with Crippen LogP contribution in [-0.2, 0) is 9.53 Å². The minimum atomic E-state index is -1.17. The second-order valence-electron chi connectivity index (χ2n) is 6.25. The van der Waals surface area contributed by atoms with E-state index >= 15 is 0 Å². The summed E-state index contributed by atoms with van der Waals surface area (Å²) in [6.45, 7) is 1.24. The van der Waals surface area contributed by atoms with Crippen LogP contribution in [0.3, 0.4) is 0 Å². The van der Waals surface area contributed by atoms with Gasteiger partial charge in [0.15, 0.2) is 17.6 Å². The molecule has 2 aromatic rings. The van der Waals surface area contributed by atoms with Gasteiger partial charge in [-0.25, -0.2) is 0 Å². The summed E-state index contributed by atoms with van der Waals surface area (Å²) >= 11 is 0. The van der Waals surface area contributed by atoms with Crippen LogP contribution in [0.5, 0.6) is 28.7 Å². The Labute approximate surface area is 168 Å². The monoisotopic (exact) mass is 402 g/mol. The fourth-order valence-corrected chi connectivity index (χ4v) is 3.22. The summed E-state index contributed by atoms with van der Waals surface area (Å²) in [5.41, 5.74) is 0.827. The van der Waals surface area contributed by atoms with E-state index < -0.39 is 18.2 Å². The molecule has 0 bridgehead atoms. The van der Waals surface area contributed by atoms with Gasteiger partial charge >= 0.3 is 5.97 Å². The molecule has 0 saturated carbocycles. The third-order valence-electron chi connectivity index (χ3n) is 4.55. The lowest BCUT2D eigenvalue weighted by molar-refractivity contribution is -0.148. The number of hydrogen-bond donors (Lipinski definition) is 0. The highest BCUT2D eigenvalue weighted by atomic mass is 16.6. The molecular formula is C21H22O8. The molecule has 154 valence electrons. The van der Waals surface area contributed by atoms with Crippen molar-refractivity contribution < 1.29 is 38.0 Å². The summed E-state index contributed by atoms with van der Waals surface area (Å²) in [5.74, 6) is 1.06. The fraction of sp³-hybridized carbons (Fsp3) is 0.333. The number of carbonyl (C=O) groups excluding carboxylic acids is 2. The quantitative estimate of drug-likeness (QED) is 0.682. The van der Waals surface area contributed by atoms with E-state index in [1.807, 2.05) is 0 Å². The normalized spacial score (nSPS) is 17.6. The van der Waals surface area contributed by atoms with Gasteiger partial charge in [0.05, 0.1) is 34.0 Å². The minimum absolute atomic E-state index is 0.306. The van der Waals surface area contributed by atoms with Gasteiger partial charge in [-0.05, 0) is 24.3 Å². The number of ether oxygens (including phenoxy) is 6. The number of carbonyl (C=O) groups is 2. The predicted octanol–water partition coefficient (Wildman–Crippen LogP) is 2.97. The van der Waals surface area contributed by atoms with Crippen molar-refractivity contribution in [3.8, 4) is 28.7 Å². The number of fused-ring (bicyclic) bond motifs is 1. The van der Waals surface area contributed by atoms with Crippen LogP contribution in [0.4, 0.5) is 0 Å². The maximum absolute atomic E-state index is 13.1. The van der Waals surface area contributed by atoms with Gasteiger partial charge in [-0.2, -0.15) is 0 Å². The van der Waals surface area contributed by atoms with Gasteiger partial charge in [-0.15, -0.1) is 0 Å². The number of hydrogen-bond acceptors (Lipinski definition) is 8. The first kappa shape index (κ1) is 20.3. The van der Waals surface area contributed by atoms with Gasteiger partial charge in [0, 0.05) is 18.6 Å². The zero-order valence-electron chi connectivity index (χ0n) is 16.8. The maximum Gasteiger partial charge on any atom is 0.303 e. The lowest BCUT2D eigenvalue weighted by Crippen LogP contribution is -2.39. The van der Waals surface area contributed by atoms with Crippen LogP contribution in [0.1, 0.15) is 28.9 Å². The Hall–Kier alpha value is -3.42. The lowest BCUT2D eigenvalue weighted by atomic mass is 9.92. The number of benzene rings is 2. The summed E-state index contributed by atoms with van der Waals surface area (Å²) in [5, 5.41) is 0. The molecule has 29 heavy (non-hydrogen) atoms. The first-order chi connectivity index (χ1) is 13.9. The Morgan fingerprint density at radius 1 is 0.931 bits per heavy atom. The molecule has 1 aliphatic heterocycles. The molecule has 8 nitrogen and oxygen atoms in total. The number of esters is 1. The number of methoxy groups -OCH3 is 4. The highest BCUT2D eigenvalue weighted by molar-refractivity contribution is 6.04. The van der Waals surface area contributed by atoms with E-state index in [-0.39, 0.29) is 5.78 Å². The van der Waals surface area contributed by atoms with Gasteiger partial charge in [0.1, 0.15) is 11.5 Å². The van der Waals surface area contributed by atoms with Crippen molar-refractivity contribution >= 4 is 11.8 Å². The number of ketones is 1. The Balaban J connectivity index is 2.14. The molecule has 2 atom stereocenters. The van der Waals surface area contributed by atoms with Crippen molar-refractivity contribution in [1.29, 1.82) is 0 Å². The predicted molar refractivity (Wildman–Crippen MR) is 102 cm³/mol. The van der Waals surface area contributed by atoms with Gasteiger partial charge in [-0.3, -0.25) is 9.59 Å². The Morgan fingerprint density at radius 3 is 2.10 bits per heavy atom. The molecule has 0 radical (unpaired) electrons. The average Bonchev–Trinajstić information content (AvgIpc) is 2.73. The van der Waals surface area contributed by atoms with Crippen molar-refractivity contribution in [2.75, 3.05) is 28.4 Å². The van der Waals surface area contributed by atoms with E-state index in [1.54, 1.807) is 30.3 Å². The van der Waals surface area contributed by atoms with E-state index in [4.69, 9.17) is 28.4 Å². The largest absolute Gasteiger partial charge is 0.497 e. The molecule has 1 heterocycles. The van der Waals surface area contributed by atoms with Crippen LogP contribution in [0.15, 0.2) is 30.3 Å². The molecule has 8 heteroatoms. The highest BCUT2D eigenvalue weighted by Crippen LogP contribution is 2.44. The third-order valence-corrected chi connectivity index (χ3v) is 4.55. The van der Waals surface area contributed by atoms with E-state index in [1.165, 1.54) is 35.4 Å². The molecule has 0 fully saturated rings. The number of Topliss-reactive ketones (excluding diaryl/α,β-unsaturated/α-hetero) is 1. The van der Waals surface area contributed by atoms with E-state index in [0.29, 0.717) is 39.9 Å². The summed E-state index contributed by atoms with van der Waals surface area (Å²) in [4.78, 5) is 24.8. The van der Waals surface area contributed by atoms with Gasteiger partial charge in [0.25, 0.3) is 0 Å². The summed E-state index contributed by atoms with van der Waals surface area (Å²) in [6, 6.07) is 8.15. The smallest absolute Gasteiger partial charge is 0.303 e. The molecule has 0 aromatic heterocycles. The Morgan fingerprint density at radius 2 is 1.59 bits per heavy atom. The van der Waals surface area contributed by atoms with Crippen LogP contribution in [0.2, 0.25) is 0 Å². The van der Waals surface area contributed by atoms with Crippen LogP contribution < -0.4 is 23.7 Å². The molecule has 2 aromatic carbocycles. The zero-order valence-corrected chi connectivity index (χ0v) is 16.8. The molecular weight excluding hydrogens is 380 g/mol. The van der Waals surface area contributed by atoms with Crippen molar-refractivity contribution in [3.05, 3.63) is 41.5 Å². The first-order valence-corrected chi connectivity index (χ1v) is 8.79. The molecule has 0 amide bonds. The topological polar surface area (TPSA) is 89.5 Å². The second kappa shape index (κ2) is 8.30. The second-order valence-corrected chi connectivity index (χ2v) is 6.25. The average molecular weight is 402 g/mol. The molecule has 0 aliphatic carbocycles. The first-order valence-electron chi connectivity index (χ1n) is 8.79. The van der Waals surface area contributed by atoms with Gasteiger partial charge < -0.3 is 28.4 Å². The van der Waals surface area contributed by atoms with Crippen LogP contribution in [-0.4, -0.2) is 46.3 Å². The number of rotatable bonds is 6. The molecule has 0 saturated heterocycles. The van der Waals surface area contributed by atoms with Gasteiger partial charge in [0.2, 0.25) is 17.6 Å². The zero-order chi connectivity index (χ0) is 21.1. The van der Waals surface area contributed by atoms with Crippen LogP contribution >= 0.6 is 0 Å². The van der Waals surface area contributed by atoms with Gasteiger partial charge in [-0.1, -0.05) is 0 Å². The third kappa shape index (κ3) is 3.78. The molecule has 0 unspecified atom stereocenters. The van der Waals surface area contributed by atoms with Crippen molar-refractivity contribution in [1.82, 2.24) is 0 Å². The highest BCUT2D eigenvalue weighted by Gasteiger charge is 2.41. The lowest BCUT2D eigenvalue weighted by Gasteiger charge is -2.32. The summed E-state index contributed by atoms with van der Waals surface area (Å²) in [7, 11) is 5.98. The van der Waals surface area contributed by atoms with E-state index in [9.17, 15) is 9.59 Å². The minimum Gasteiger partial charge on any atom is -0.497 e. The molecule has 0 N–H and O–H groups in total. The van der Waals surface area contributed by atoms with Crippen LogP contribution in [0.25, 0.3) is 0 Å². The standard InChI is InChI=1S/C21H22O8/c1-11(22)28-21-18(23)14-7-6-13(24-2)10-15(14)29-19(21)12-8-16(25-3)20(27-5)17(9-12)26-4/h6-10,19,21H,1-5H3/t19-,21+/m1/s1. The summed E-state index contributed by atoms with van der Waals surface area (Å²) in [6.07, 6.45) is -2.09. The maximum atomic E-state index is 13.1. The summed E-state index contributed by atoms with van der Waals surface area (Å²) < 4.78 is 32.7. The van der Waals surface area contributed by atoms with Crippen molar-refractivity contribution in [2.45, 2.75) is 19.1 Å². The molecule has 0 spiro atoms. The van der Waals surface area contributed by atoms with E-state index in [2.05, 4.69) is 0 Å². The fourth-order valence-electron chi connectivity index (χ4n) is 3.22. The van der Waals surface area contributed by atoms with Crippen molar-refractivity contribution in [3.63, 3.8) is 0 Å². The Bertz CT molecular complexity index is 911. The molecule has 1 aliphatic rings. The van der Waals surface area contributed by atoms with Crippen LogP contribution in [0, 0.1) is 0 Å².